The topological polar surface area (TPSA) is 58.1 Å². The highest BCUT2D eigenvalue weighted by atomic mass is 16.1. The molecule has 1 saturated heterocycles. The maximum absolute atomic E-state index is 12.7. The van der Waals surface area contributed by atoms with E-state index in [0.29, 0.717) is 6.54 Å². The summed E-state index contributed by atoms with van der Waals surface area (Å²) < 4.78 is 0. The second kappa shape index (κ2) is 6.99. The van der Waals surface area contributed by atoms with E-state index < -0.39 is 0 Å². The lowest BCUT2D eigenvalue weighted by molar-refractivity contribution is -0.120. The summed E-state index contributed by atoms with van der Waals surface area (Å²) in [5.41, 5.74) is 4.09. The van der Waals surface area contributed by atoms with Crippen molar-refractivity contribution in [3.05, 3.63) is 47.3 Å². The highest BCUT2D eigenvalue weighted by Gasteiger charge is 2.27. The molecule has 0 saturated carbocycles. The van der Waals surface area contributed by atoms with Crippen molar-refractivity contribution in [3.63, 3.8) is 0 Å². The van der Waals surface area contributed by atoms with Crippen molar-refractivity contribution < 1.29 is 4.79 Å². The quantitative estimate of drug-likeness (QED) is 0.941. The number of nitrogens with zero attached hydrogens (tertiary/aromatic N) is 3. The van der Waals surface area contributed by atoms with Crippen LogP contribution in [0.2, 0.25) is 0 Å². The summed E-state index contributed by atoms with van der Waals surface area (Å²) in [5, 5.41) is 3.10. The van der Waals surface area contributed by atoms with Crippen LogP contribution in [0.5, 0.6) is 0 Å². The number of amides is 1. The zero-order valence-electron chi connectivity index (χ0n) is 14.5. The van der Waals surface area contributed by atoms with E-state index in [9.17, 15) is 4.79 Å². The summed E-state index contributed by atoms with van der Waals surface area (Å²) in [7, 11) is 0. The Morgan fingerprint density at radius 1 is 1.25 bits per heavy atom. The van der Waals surface area contributed by atoms with Gasteiger partial charge >= 0.3 is 0 Å². The Hall–Kier alpha value is -2.43. The molecule has 2 heterocycles. The average molecular weight is 324 g/mol. The molecule has 2 aromatic rings. The van der Waals surface area contributed by atoms with Gasteiger partial charge in [0.1, 0.15) is 0 Å². The normalized spacial score (nSPS) is 17.6. The predicted octanol–water partition coefficient (Wildman–Crippen LogP) is 3.26. The maximum atomic E-state index is 12.7. The van der Waals surface area contributed by atoms with E-state index >= 15 is 0 Å². The van der Waals surface area contributed by atoms with Crippen LogP contribution in [0.15, 0.2) is 30.5 Å². The molecule has 1 aromatic carbocycles. The minimum absolute atomic E-state index is 0.0391. The SMILES string of the molecule is Cc1ccc(C)c(NC(=O)C2CCCN(c3nccc(C)n3)C2)c1. The predicted molar refractivity (Wildman–Crippen MR) is 96.3 cm³/mol. The number of benzene rings is 1. The number of hydrogen-bond acceptors (Lipinski definition) is 4. The Morgan fingerprint density at radius 3 is 2.88 bits per heavy atom. The van der Waals surface area contributed by atoms with Gasteiger partial charge < -0.3 is 10.2 Å². The van der Waals surface area contributed by atoms with Crippen molar-refractivity contribution in [2.75, 3.05) is 23.3 Å². The highest BCUT2D eigenvalue weighted by molar-refractivity contribution is 5.93. The summed E-state index contributed by atoms with van der Waals surface area (Å²) in [6.45, 7) is 7.58. The van der Waals surface area contributed by atoms with Crippen LogP contribution in [0, 0.1) is 26.7 Å². The lowest BCUT2D eigenvalue weighted by Crippen LogP contribution is -2.41. The number of anilines is 2. The number of piperidine rings is 1. The third-order valence-corrected chi connectivity index (χ3v) is 4.51. The Balaban J connectivity index is 1.70. The van der Waals surface area contributed by atoms with Crippen LogP contribution in [0.1, 0.15) is 29.7 Å². The third-order valence-electron chi connectivity index (χ3n) is 4.51. The Bertz CT molecular complexity index is 744. The summed E-state index contributed by atoms with van der Waals surface area (Å²) in [4.78, 5) is 23.6. The van der Waals surface area contributed by atoms with Gasteiger partial charge in [-0.2, -0.15) is 0 Å². The third kappa shape index (κ3) is 3.72. The van der Waals surface area contributed by atoms with E-state index in [1.807, 2.05) is 39.0 Å². The van der Waals surface area contributed by atoms with Crippen LogP contribution in [0.25, 0.3) is 0 Å². The van der Waals surface area contributed by atoms with Gasteiger partial charge in [-0.15, -0.1) is 0 Å². The molecule has 1 unspecified atom stereocenters. The average Bonchev–Trinajstić information content (AvgIpc) is 2.58. The Morgan fingerprint density at radius 2 is 2.08 bits per heavy atom. The highest BCUT2D eigenvalue weighted by Crippen LogP contribution is 2.23. The Kier molecular flexibility index (Phi) is 4.79. The molecule has 1 atom stereocenters. The van der Waals surface area contributed by atoms with Gasteiger partial charge in [-0.05, 0) is 56.9 Å². The molecule has 1 aliphatic heterocycles. The van der Waals surface area contributed by atoms with Crippen LogP contribution < -0.4 is 10.2 Å². The van der Waals surface area contributed by atoms with Crippen molar-refractivity contribution in [1.82, 2.24) is 9.97 Å². The molecule has 0 bridgehead atoms. The van der Waals surface area contributed by atoms with E-state index in [-0.39, 0.29) is 11.8 Å². The minimum atomic E-state index is -0.0391. The van der Waals surface area contributed by atoms with E-state index in [1.54, 1.807) is 6.20 Å². The number of aromatic nitrogens is 2. The summed E-state index contributed by atoms with van der Waals surface area (Å²) in [6, 6.07) is 8.01. The van der Waals surface area contributed by atoms with Gasteiger partial charge in [0.2, 0.25) is 11.9 Å². The fourth-order valence-electron chi connectivity index (χ4n) is 3.07. The van der Waals surface area contributed by atoms with Crippen molar-refractivity contribution >= 4 is 17.5 Å². The van der Waals surface area contributed by atoms with Gasteiger partial charge in [-0.1, -0.05) is 12.1 Å². The largest absolute Gasteiger partial charge is 0.340 e. The zero-order valence-corrected chi connectivity index (χ0v) is 14.5. The van der Waals surface area contributed by atoms with Crippen molar-refractivity contribution in [1.29, 1.82) is 0 Å². The number of hydrogen-bond donors (Lipinski definition) is 1. The summed E-state index contributed by atoms with van der Waals surface area (Å²) in [6.07, 6.45) is 3.65. The van der Waals surface area contributed by atoms with Gasteiger partial charge in [-0.3, -0.25) is 4.79 Å². The molecule has 0 aliphatic carbocycles. The van der Waals surface area contributed by atoms with E-state index in [1.165, 1.54) is 0 Å². The smallest absolute Gasteiger partial charge is 0.229 e. The van der Waals surface area contributed by atoms with Gasteiger partial charge in [-0.25, -0.2) is 9.97 Å². The van der Waals surface area contributed by atoms with E-state index in [2.05, 4.69) is 26.3 Å². The number of rotatable bonds is 3. The van der Waals surface area contributed by atoms with Gasteiger partial charge in [0, 0.05) is 30.7 Å². The molecule has 3 rings (SSSR count). The molecule has 1 amide bonds. The van der Waals surface area contributed by atoms with Crippen molar-refractivity contribution in [2.45, 2.75) is 33.6 Å². The Labute approximate surface area is 143 Å². The zero-order chi connectivity index (χ0) is 17.1. The summed E-state index contributed by atoms with van der Waals surface area (Å²) >= 11 is 0. The molecule has 126 valence electrons. The van der Waals surface area contributed by atoms with E-state index in [4.69, 9.17) is 0 Å². The van der Waals surface area contributed by atoms with E-state index in [0.717, 1.165) is 47.8 Å². The van der Waals surface area contributed by atoms with Crippen LogP contribution in [-0.2, 0) is 4.79 Å². The summed E-state index contributed by atoms with van der Waals surface area (Å²) in [5.74, 6) is 0.767. The molecule has 0 spiro atoms. The van der Waals surface area contributed by atoms with Crippen LogP contribution in [0.3, 0.4) is 0 Å². The number of carbonyl (C=O) groups is 1. The van der Waals surface area contributed by atoms with Gasteiger partial charge in [0.25, 0.3) is 0 Å². The fourth-order valence-corrected chi connectivity index (χ4v) is 3.07. The van der Waals surface area contributed by atoms with Crippen molar-refractivity contribution in [2.24, 2.45) is 5.92 Å². The lowest BCUT2D eigenvalue weighted by Gasteiger charge is -2.32. The van der Waals surface area contributed by atoms with Gasteiger partial charge in [0.05, 0.1) is 5.92 Å². The first-order valence-corrected chi connectivity index (χ1v) is 8.45. The lowest BCUT2D eigenvalue weighted by atomic mass is 9.97. The molecular formula is C19H24N4O. The van der Waals surface area contributed by atoms with Crippen LogP contribution >= 0.6 is 0 Å². The second-order valence-electron chi connectivity index (χ2n) is 6.59. The molecule has 1 aromatic heterocycles. The standard InChI is InChI=1S/C19H24N4O/c1-13-6-7-14(2)17(11-13)22-18(24)16-5-4-10-23(12-16)19-20-9-8-15(3)21-19/h6-9,11,16H,4-5,10,12H2,1-3H3,(H,22,24). The second-order valence-corrected chi connectivity index (χ2v) is 6.59. The molecule has 0 radical (unpaired) electrons. The minimum Gasteiger partial charge on any atom is -0.340 e. The number of carbonyl (C=O) groups excluding carboxylic acids is 1. The maximum Gasteiger partial charge on any atom is 0.229 e. The molecule has 5 nitrogen and oxygen atoms in total. The molecule has 24 heavy (non-hydrogen) atoms. The molecule has 1 N–H and O–H groups in total. The first-order valence-electron chi connectivity index (χ1n) is 8.45. The molecule has 1 fully saturated rings. The number of aryl methyl sites for hydroxylation is 3. The first-order chi connectivity index (χ1) is 11.5. The van der Waals surface area contributed by atoms with Crippen LogP contribution in [0.4, 0.5) is 11.6 Å². The monoisotopic (exact) mass is 324 g/mol. The fraction of sp³-hybridized carbons (Fsp3) is 0.421. The van der Waals surface area contributed by atoms with Crippen LogP contribution in [-0.4, -0.2) is 29.0 Å². The molecule has 1 aliphatic rings. The molecular weight excluding hydrogens is 300 g/mol. The van der Waals surface area contributed by atoms with Gasteiger partial charge in [0.15, 0.2) is 0 Å². The number of nitrogens with one attached hydrogen (secondary N) is 1. The first kappa shape index (κ1) is 16.4. The molecule has 5 heteroatoms. The van der Waals surface area contributed by atoms with Crippen molar-refractivity contribution in [3.8, 4) is 0 Å².